The molecule has 2 fully saturated rings. The van der Waals surface area contributed by atoms with Crippen LogP contribution in [0, 0.1) is 5.82 Å². The van der Waals surface area contributed by atoms with Gasteiger partial charge in [-0.2, -0.15) is 39.5 Å². The predicted molar refractivity (Wildman–Crippen MR) is 164 cm³/mol. The van der Waals surface area contributed by atoms with E-state index < -0.39 is 36.4 Å². The number of amides is 1. The van der Waals surface area contributed by atoms with Crippen LogP contribution in [0.2, 0.25) is 0 Å². The number of likely N-dealkylation sites (tertiary alicyclic amines) is 1. The second-order valence-corrected chi connectivity index (χ2v) is 12.0. The summed E-state index contributed by atoms with van der Waals surface area (Å²) in [4.78, 5) is 49.1. The Bertz CT molecular complexity index is 1510. The molecule has 0 atom stereocenters. The van der Waals surface area contributed by atoms with Crippen molar-refractivity contribution in [3.8, 4) is 0 Å². The van der Waals surface area contributed by atoms with E-state index in [1.807, 2.05) is 17.0 Å². The van der Waals surface area contributed by atoms with Gasteiger partial charge in [0.1, 0.15) is 5.82 Å². The number of aromatic nitrogens is 3. The first kappa shape index (κ1) is 45.6. The highest BCUT2D eigenvalue weighted by Crippen LogP contribution is 2.40. The Kier molecular flexibility index (Phi) is 15.7. The summed E-state index contributed by atoms with van der Waals surface area (Å²) in [6, 6.07) is 6.78. The molecule has 1 spiro atoms. The minimum atomic E-state index is -5.08. The van der Waals surface area contributed by atoms with Crippen molar-refractivity contribution in [2.45, 2.75) is 56.9 Å². The Morgan fingerprint density at radius 2 is 1.13 bits per heavy atom. The van der Waals surface area contributed by atoms with E-state index in [4.69, 9.17) is 29.7 Å². The maximum absolute atomic E-state index is 13.3. The Hall–Kier alpha value is -4.58. The second-order valence-electron chi connectivity index (χ2n) is 12.0. The van der Waals surface area contributed by atoms with Crippen LogP contribution in [0.5, 0.6) is 0 Å². The Balaban J connectivity index is 0.000000393. The maximum Gasteiger partial charge on any atom is 0.490 e. The Morgan fingerprint density at radius 3 is 1.54 bits per heavy atom. The number of likely N-dealkylation sites (N-methyl/N-ethyl adjacent to an activating group) is 2. The molecule has 0 bridgehead atoms. The van der Waals surface area contributed by atoms with Gasteiger partial charge in [-0.1, -0.05) is 19.1 Å². The number of carboxylic acid groups (broad SMARTS) is 3. The van der Waals surface area contributed by atoms with Crippen LogP contribution < -0.4 is 0 Å². The molecule has 0 radical (unpaired) electrons. The van der Waals surface area contributed by atoms with Gasteiger partial charge in [-0.05, 0) is 44.1 Å². The molecule has 304 valence electrons. The van der Waals surface area contributed by atoms with Crippen LogP contribution in [0.25, 0.3) is 0 Å². The highest BCUT2D eigenvalue weighted by molar-refractivity contribution is 5.91. The quantitative estimate of drug-likeness (QED) is 0.385. The molecule has 54 heavy (non-hydrogen) atoms. The highest BCUT2D eigenvalue weighted by atomic mass is 19.4. The SMILES string of the molecule is CCN1CCN(C(=O)c2nnc3n2CCN(C)C32CCN(Cc3ccc(F)cc3)CC2)CC1.O=C(O)C(F)(F)F.O=C(O)C(F)(F)F.O=C(O)C(F)(F)F. The number of nitrogens with zero attached hydrogens (tertiary/aromatic N) is 7. The standard InChI is InChI=1S/C24H34FN7O.3C2HF3O2/c1-3-29-13-15-31(16-14-29)22(33)21-26-27-23-24(28(2)12-17-32(21)23)8-10-30(11-9-24)18-19-4-6-20(25)7-5-19;3*3-2(4,5)1(6)7/h4-7H,3,8-18H2,1-2H3;3*(H,6,7). The van der Waals surface area contributed by atoms with Gasteiger partial charge < -0.3 is 29.7 Å². The topological polar surface area (TPSA) is 173 Å². The summed E-state index contributed by atoms with van der Waals surface area (Å²) in [6.07, 6.45) is -13.4. The molecule has 2 aromatic rings. The molecule has 5 rings (SSSR count). The van der Waals surface area contributed by atoms with Crippen LogP contribution >= 0.6 is 0 Å². The molecule has 1 amide bonds. The zero-order valence-electron chi connectivity index (χ0n) is 28.7. The molecule has 3 N–H and O–H groups in total. The summed E-state index contributed by atoms with van der Waals surface area (Å²) in [5.74, 6) is -7.02. The zero-order chi connectivity index (χ0) is 41.2. The zero-order valence-corrected chi connectivity index (χ0v) is 28.7. The Morgan fingerprint density at radius 1 is 0.685 bits per heavy atom. The smallest absolute Gasteiger partial charge is 0.475 e. The molecule has 14 nitrogen and oxygen atoms in total. The highest BCUT2D eigenvalue weighted by Gasteiger charge is 2.47. The first-order valence-electron chi connectivity index (χ1n) is 15.9. The minimum Gasteiger partial charge on any atom is -0.475 e. The van der Waals surface area contributed by atoms with Crippen LogP contribution in [0.1, 0.15) is 41.8 Å². The first-order chi connectivity index (χ1) is 24.8. The number of carboxylic acids is 3. The number of alkyl halides is 9. The van der Waals surface area contributed by atoms with Gasteiger partial charge in [-0.15, -0.1) is 10.2 Å². The minimum absolute atomic E-state index is 0.0120. The van der Waals surface area contributed by atoms with Gasteiger partial charge in [0.2, 0.25) is 5.82 Å². The number of piperidine rings is 1. The van der Waals surface area contributed by atoms with Crippen molar-refractivity contribution in [2.24, 2.45) is 0 Å². The molecule has 3 aliphatic heterocycles. The van der Waals surface area contributed by atoms with Crippen LogP contribution in [-0.2, 0) is 33.0 Å². The number of halogens is 10. The van der Waals surface area contributed by atoms with Crippen molar-refractivity contribution in [2.75, 3.05) is 59.4 Å². The lowest BCUT2D eigenvalue weighted by Gasteiger charge is -2.49. The average Bonchev–Trinajstić information content (AvgIpc) is 3.53. The summed E-state index contributed by atoms with van der Waals surface area (Å²) >= 11 is 0. The number of carbonyl (C=O) groups is 4. The Labute approximate surface area is 300 Å². The number of fused-ring (bicyclic) bond motifs is 2. The maximum atomic E-state index is 13.3. The average molecular weight is 798 g/mol. The van der Waals surface area contributed by atoms with Crippen molar-refractivity contribution in [3.05, 3.63) is 47.3 Å². The van der Waals surface area contributed by atoms with E-state index in [1.165, 1.54) is 12.1 Å². The molecule has 1 aromatic heterocycles. The van der Waals surface area contributed by atoms with Gasteiger partial charge in [0.25, 0.3) is 5.91 Å². The number of piperazine rings is 1. The fourth-order valence-corrected chi connectivity index (χ4v) is 5.60. The largest absolute Gasteiger partial charge is 0.490 e. The summed E-state index contributed by atoms with van der Waals surface area (Å²) in [7, 11) is 2.17. The molecular weight excluding hydrogens is 760 g/mol. The summed E-state index contributed by atoms with van der Waals surface area (Å²) in [6.45, 7) is 10.8. The monoisotopic (exact) mass is 797 g/mol. The van der Waals surface area contributed by atoms with Crippen molar-refractivity contribution >= 4 is 23.8 Å². The van der Waals surface area contributed by atoms with Crippen molar-refractivity contribution in [1.29, 1.82) is 0 Å². The van der Waals surface area contributed by atoms with E-state index in [-0.39, 0.29) is 17.3 Å². The van der Waals surface area contributed by atoms with E-state index in [0.29, 0.717) is 5.82 Å². The molecular formula is C30H37F10N7O7. The molecule has 4 heterocycles. The van der Waals surface area contributed by atoms with Gasteiger partial charge in [0, 0.05) is 58.9 Å². The third kappa shape index (κ3) is 12.8. The van der Waals surface area contributed by atoms with Crippen LogP contribution in [0.15, 0.2) is 24.3 Å². The third-order valence-corrected chi connectivity index (χ3v) is 8.58. The number of rotatable bonds is 4. The second kappa shape index (κ2) is 18.6. The van der Waals surface area contributed by atoms with Gasteiger partial charge in [-0.25, -0.2) is 18.8 Å². The van der Waals surface area contributed by atoms with Gasteiger partial charge in [0.05, 0.1) is 5.54 Å². The first-order valence-corrected chi connectivity index (χ1v) is 15.9. The number of hydrogen-bond acceptors (Lipinski definition) is 9. The number of hydrogen-bond donors (Lipinski definition) is 3. The van der Waals surface area contributed by atoms with E-state index in [0.717, 1.165) is 89.7 Å². The van der Waals surface area contributed by atoms with Crippen molar-refractivity contribution < 1.29 is 78.4 Å². The van der Waals surface area contributed by atoms with Crippen LogP contribution in [0.3, 0.4) is 0 Å². The van der Waals surface area contributed by atoms with E-state index >= 15 is 0 Å². The molecule has 0 aliphatic carbocycles. The molecule has 0 unspecified atom stereocenters. The van der Waals surface area contributed by atoms with Gasteiger partial charge in [-0.3, -0.25) is 14.6 Å². The molecule has 3 aliphatic rings. The van der Waals surface area contributed by atoms with E-state index in [1.54, 1.807) is 0 Å². The normalized spacial score (nSPS) is 17.8. The number of benzene rings is 1. The van der Waals surface area contributed by atoms with Crippen LogP contribution in [-0.4, -0.2) is 151 Å². The predicted octanol–water partition coefficient (Wildman–Crippen LogP) is 3.53. The summed E-state index contributed by atoms with van der Waals surface area (Å²) in [5.41, 5.74) is 0.938. The number of carbonyl (C=O) groups excluding carboxylic acids is 1. The molecule has 24 heteroatoms. The lowest BCUT2D eigenvalue weighted by atomic mass is 9.83. The van der Waals surface area contributed by atoms with Gasteiger partial charge >= 0.3 is 36.4 Å². The lowest BCUT2D eigenvalue weighted by Crippen LogP contribution is -2.56. The molecule has 1 aromatic carbocycles. The molecule has 0 saturated carbocycles. The van der Waals surface area contributed by atoms with Crippen molar-refractivity contribution in [3.63, 3.8) is 0 Å². The van der Waals surface area contributed by atoms with Gasteiger partial charge in [0.15, 0.2) is 5.82 Å². The van der Waals surface area contributed by atoms with Crippen molar-refractivity contribution in [1.82, 2.24) is 34.4 Å². The third-order valence-electron chi connectivity index (χ3n) is 8.58. The summed E-state index contributed by atoms with van der Waals surface area (Å²) < 4.78 is 111. The van der Waals surface area contributed by atoms with E-state index in [9.17, 15) is 48.7 Å². The van der Waals surface area contributed by atoms with Crippen LogP contribution in [0.4, 0.5) is 43.9 Å². The summed E-state index contributed by atoms with van der Waals surface area (Å²) in [5, 5.41) is 30.4. The van der Waals surface area contributed by atoms with E-state index in [2.05, 4.69) is 43.4 Å². The number of aliphatic carboxylic acids is 3. The fourth-order valence-electron chi connectivity index (χ4n) is 5.60. The molecule has 2 saturated heterocycles. The lowest BCUT2D eigenvalue weighted by molar-refractivity contribution is -0.193. The fraction of sp³-hybridized carbons (Fsp3) is 0.600.